The summed E-state index contributed by atoms with van der Waals surface area (Å²) in [5, 5.41) is 3.54. The van der Waals surface area contributed by atoms with Gasteiger partial charge in [-0.1, -0.05) is 20.8 Å². The van der Waals surface area contributed by atoms with Crippen LogP contribution >= 0.6 is 0 Å². The fraction of sp³-hybridized carbons (Fsp3) is 0.647. The molecule has 0 radical (unpaired) electrons. The summed E-state index contributed by atoms with van der Waals surface area (Å²) in [6, 6.07) is 3.46. The van der Waals surface area contributed by atoms with Crippen LogP contribution < -0.4 is 10.1 Å². The first kappa shape index (κ1) is 20.6. The van der Waals surface area contributed by atoms with Gasteiger partial charge in [-0.15, -0.1) is 0 Å². The Bertz CT molecular complexity index is 556. The smallest absolute Gasteiger partial charge is 0.356 e. The van der Waals surface area contributed by atoms with Crippen molar-refractivity contribution in [3.05, 3.63) is 23.4 Å². The fourth-order valence-corrected chi connectivity index (χ4v) is 2.86. The number of aromatic nitrogens is 1. The zero-order valence-electron chi connectivity index (χ0n) is 15.9. The van der Waals surface area contributed by atoms with Crippen molar-refractivity contribution in [1.29, 1.82) is 0 Å². The van der Waals surface area contributed by atoms with Gasteiger partial charge in [0.1, 0.15) is 0 Å². The number of hydrogen-bond acceptors (Lipinski definition) is 6. The van der Waals surface area contributed by atoms with Crippen molar-refractivity contribution < 1.29 is 18.7 Å². The first-order valence-corrected chi connectivity index (χ1v) is 11.0. The zero-order valence-corrected chi connectivity index (χ0v) is 16.9. The van der Waals surface area contributed by atoms with Crippen molar-refractivity contribution in [3.63, 3.8) is 0 Å². The monoisotopic (exact) mass is 354 g/mol. The number of nitrogens with zero attached hydrogens (tertiary/aromatic N) is 1. The second kappa shape index (κ2) is 8.59. The van der Waals surface area contributed by atoms with Gasteiger partial charge in [0, 0.05) is 25.3 Å². The molecule has 0 aliphatic heterocycles. The van der Waals surface area contributed by atoms with Crippen molar-refractivity contribution in [1.82, 2.24) is 10.3 Å². The van der Waals surface area contributed by atoms with E-state index in [4.69, 9.17) is 9.16 Å². The lowest BCUT2D eigenvalue weighted by Gasteiger charge is -2.36. The third-order valence-electron chi connectivity index (χ3n) is 4.39. The molecule has 0 saturated heterocycles. The molecule has 0 saturated carbocycles. The highest BCUT2D eigenvalue weighted by Gasteiger charge is 2.36. The van der Waals surface area contributed by atoms with Gasteiger partial charge in [-0.2, -0.15) is 0 Å². The molecular formula is C17H30N2O4Si. The van der Waals surface area contributed by atoms with Crippen molar-refractivity contribution in [2.45, 2.75) is 45.4 Å². The van der Waals surface area contributed by atoms with Crippen LogP contribution in [-0.2, 0) is 15.7 Å². The highest BCUT2D eigenvalue weighted by atomic mass is 28.4. The molecular weight excluding hydrogens is 324 g/mol. The zero-order chi connectivity index (χ0) is 18.4. The van der Waals surface area contributed by atoms with E-state index in [1.165, 1.54) is 14.2 Å². The third-order valence-corrected chi connectivity index (χ3v) is 8.93. The summed E-state index contributed by atoms with van der Waals surface area (Å²) < 4.78 is 16.0. The van der Waals surface area contributed by atoms with E-state index in [1.54, 1.807) is 6.07 Å². The molecule has 6 nitrogen and oxygen atoms in total. The average Bonchev–Trinajstić information content (AvgIpc) is 2.52. The molecule has 1 heterocycles. The largest absolute Gasteiger partial charge is 0.481 e. The summed E-state index contributed by atoms with van der Waals surface area (Å²) in [5.74, 6) is -0.0497. The van der Waals surface area contributed by atoms with Crippen molar-refractivity contribution in [2.24, 2.45) is 0 Å². The maximum absolute atomic E-state index is 11.5. The van der Waals surface area contributed by atoms with E-state index in [0.717, 1.165) is 12.1 Å². The van der Waals surface area contributed by atoms with E-state index < -0.39 is 14.3 Å². The summed E-state index contributed by atoms with van der Waals surface area (Å²) in [4.78, 5) is 15.7. The van der Waals surface area contributed by atoms with Crippen LogP contribution in [0.4, 0.5) is 0 Å². The van der Waals surface area contributed by atoms with Crippen molar-refractivity contribution in [3.8, 4) is 5.88 Å². The van der Waals surface area contributed by atoms with E-state index in [2.05, 4.69) is 48.9 Å². The second-order valence-corrected chi connectivity index (χ2v) is 12.0. The Hall–Kier alpha value is -1.44. The first-order valence-electron chi connectivity index (χ1n) is 8.09. The predicted molar refractivity (Wildman–Crippen MR) is 97.0 cm³/mol. The minimum atomic E-state index is -1.70. The summed E-state index contributed by atoms with van der Waals surface area (Å²) >= 11 is 0. The normalized spacial score (nSPS) is 12.1. The SMILES string of the molecule is COC(=O)c1ccc(CNCCO[Si](C)(C)C(C)(C)C)c(OC)n1. The summed E-state index contributed by atoms with van der Waals surface area (Å²) in [6.07, 6.45) is 0. The molecule has 24 heavy (non-hydrogen) atoms. The molecule has 7 heteroatoms. The Morgan fingerprint density at radius 2 is 1.92 bits per heavy atom. The number of methoxy groups -OCH3 is 2. The van der Waals surface area contributed by atoms with Gasteiger partial charge in [-0.25, -0.2) is 9.78 Å². The summed E-state index contributed by atoms with van der Waals surface area (Å²) in [7, 11) is 1.16. The van der Waals surface area contributed by atoms with Gasteiger partial charge in [0.2, 0.25) is 5.88 Å². The van der Waals surface area contributed by atoms with Crippen molar-refractivity contribution >= 4 is 14.3 Å². The van der Waals surface area contributed by atoms with Gasteiger partial charge >= 0.3 is 5.97 Å². The van der Waals surface area contributed by atoms with Gasteiger partial charge in [0.05, 0.1) is 14.2 Å². The van der Waals surface area contributed by atoms with Crippen LogP contribution in [0.1, 0.15) is 36.8 Å². The molecule has 0 amide bonds. The molecule has 1 N–H and O–H groups in total. The lowest BCUT2D eigenvalue weighted by molar-refractivity contribution is 0.0593. The second-order valence-electron chi connectivity index (χ2n) is 7.14. The average molecular weight is 355 g/mol. The van der Waals surface area contributed by atoms with Crippen LogP contribution in [-0.4, -0.2) is 46.6 Å². The van der Waals surface area contributed by atoms with Gasteiger partial charge in [-0.05, 0) is 30.3 Å². The molecule has 0 fully saturated rings. The number of esters is 1. The minimum Gasteiger partial charge on any atom is -0.481 e. The van der Waals surface area contributed by atoms with Crippen LogP contribution in [0.15, 0.2) is 12.1 Å². The van der Waals surface area contributed by atoms with Crippen LogP contribution in [0.2, 0.25) is 18.1 Å². The Morgan fingerprint density at radius 3 is 2.46 bits per heavy atom. The maximum Gasteiger partial charge on any atom is 0.356 e. The van der Waals surface area contributed by atoms with Gasteiger partial charge in [0.25, 0.3) is 0 Å². The molecule has 0 aromatic carbocycles. The van der Waals surface area contributed by atoms with Gasteiger partial charge in [0.15, 0.2) is 14.0 Å². The van der Waals surface area contributed by atoms with Crippen LogP contribution in [0, 0.1) is 0 Å². The summed E-state index contributed by atoms with van der Waals surface area (Å²) in [6.45, 7) is 13.2. The van der Waals surface area contributed by atoms with Crippen LogP contribution in [0.5, 0.6) is 5.88 Å². The lowest BCUT2D eigenvalue weighted by Crippen LogP contribution is -2.42. The highest BCUT2D eigenvalue weighted by molar-refractivity contribution is 6.74. The maximum atomic E-state index is 11.5. The summed E-state index contributed by atoms with van der Waals surface area (Å²) in [5.41, 5.74) is 1.12. The predicted octanol–water partition coefficient (Wildman–Crippen LogP) is 2.99. The number of hydrogen-bond donors (Lipinski definition) is 1. The van der Waals surface area contributed by atoms with E-state index in [1.807, 2.05) is 6.07 Å². The third kappa shape index (κ3) is 5.57. The topological polar surface area (TPSA) is 69.7 Å². The number of carbonyl (C=O) groups is 1. The van der Waals surface area contributed by atoms with E-state index in [-0.39, 0.29) is 10.7 Å². The first-order chi connectivity index (χ1) is 11.1. The Labute approximate surface area is 146 Å². The number of rotatable bonds is 8. The molecule has 0 bridgehead atoms. The Morgan fingerprint density at radius 1 is 1.25 bits per heavy atom. The quantitative estimate of drug-likeness (QED) is 0.440. The number of ether oxygens (including phenoxy) is 2. The fourth-order valence-electron chi connectivity index (χ4n) is 1.82. The van der Waals surface area contributed by atoms with E-state index in [0.29, 0.717) is 19.0 Å². The molecule has 0 aliphatic carbocycles. The number of carbonyl (C=O) groups excluding carboxylic acids is 1. The molecule has 1 rings (SSSR count). The standard InChI is InChI=1S/C17H30N2O4Si/c1-17(2,3)24(6,7)23-11-10-18-12-13-8-9-14(16(20)22-5)19-15(13)21-4/h8-9,18H,10-12H2,1-7H3. The molecule has 0 spiro atoms. The molecule has 136 valence electrons. The number of nitrogens with one attached hydrogen (secondary N) is 1. The molecule has 0 unspecified atom stereocenters. The van der Waals surface area contributed by atoms with Gasteiger partial charge in [-0.3, -0.25) is 0 Å². The molecule has 0 atom stereocenters. The van der Waals surface area contributed by atoms with E-state index >= 15 is 0 Å². The van der Waals surface area contributed by atoms with Gasteiger partial charge < -0.3 is 19.2 Å². The Balaban J connectivity index is 2.52. The van der Waals surface area contributed by atoms with E-state index in [9.17, 15) is 4.79 Å². The lowest BCUT2D eigenvalue weighted by atomic mass is 10.2. The van der Waals surface area contributed by atoms with Crippen LogP contribution in [0.3, 0.4) is 0 Å². The van der Waals surface area contributed by atoms with Crippen molar-refractivity contribution in [2.75, 3.05) is 27.4 Å². The molecule has 1 aromatic heterocycles. The van der Waals surface area contributed by atoms with Crippen LogP contribution in [0.25, 0.3) is 0 Å². The molecule has 0 aliphatic rings. The Kier molecular flexibility index (Phi) is 7.38. The highest BCUT2D eigenvalue weighted by Crippen LogP contribution is 2.36. The number of pyridine rings is 1. The minimum absolute atomic E-state index is 0.212. The molecule has 1 aromatic rings.